The molecule has 0 saturated carbocycles. The molecule has 0 aliphatic heterocycles. The molecule has 0 spiro atoms. The van der Waals surface area contributed by atoms with E-state index in [-0.39, 0.29) is 5.92 Å². The maximum atomic E-state index is 5.43. The highest BCUT2D eigenvalue weighted by Crippen LogP contribution is 2.34. The summed E-state index contributed by atoms with van der Waals surface area (Å²) in [7, 11) is 3.31. The van der Waals surface area contributed by atoms with E-state index in [1.54, 1.807) is 14.2 Å². The van der Waals surface area contributed by atoms with E-state index in [0.717, 1.165) is 29.9 Å². The molecular formula is C21H26O2. The highest BCUT2D eigenvalue weighted by molar-refractivity contribution is 5.48. The van der Waals surface area contributed by atoms with Crippen molar-refractivity contribution in [3.63, 3.8) is 0 Å². The van der Waals surface area contributed by atoms with Crippen LogP contribution in [-0.2, 0) is 12.8 Å². The lowest BCUT2D eigenvalue weighted by Crippen LogP contribution is -2.02. The van der Waals surface area contributed by atoms with Gasteiger partial charge in [0, 0.05) is 5.92 Å². The molecule has 2 heteroatoms. The normalized spacial score (nSPS) is 11.8. The number of rotatable bonds is 7. The summed E-state index contributed by atoms with van der Waals surface area (Å²) in [6, 6.07) is 12.8. The lowest BCUT2D eigenvalue weighted by atomic mass is 9.88. The van der Waals surface area contributed by atoms with Gasteiger partial charge in [0.05, 0.1) is 14.2 Å². The Morgan fingerprint density at radius 3 is 2.04 bits per heavy atom. The predicted molar refractivity (Wildman–Crippen MR) is 96.8 cm³/mol. The minimum absolute atomic E-state index is 0.144. The van der Waals surface area contributed by atoms with Gasteiger partial charge >= 0.3 is 0 Å². The van der Waals surface area contributed by atoms with Gasteiger partial charge in [-0.3, -0.25) is 0 Å². The molecule has 0 heterocycles. The van der Waals surface area contributed by atoms with E-state index in [1.807, 2.05) is 18.2 Å². The molecule has 1 atom stereocenters. The van der Waals surface area contributed by atoms with Gasteiger partial charge in [0.15, 0.2) is 11.5 Å². The second kappa shape index (κ2) is 7.87. The van der Waals surface area contributed by atoms with Crippen LogP contribution in [0.1, 0.15) is 42.0 Å². The maximum Gasteiger partial charge on any atom is 0.161 e. The number of ether oxygens (including phenoxy) is 2. The van der Waals surface area contributed by atoms with Crippen LogP contribution in [-0.4, -0.2) is 14.2 Å². The minimum atomic E-state index is 0.144. The highest BCUT2D eigenvalue weighted by Gasteiger charge is 2.15. The fourth-order valence-corrected chi connectivity index (χ4v) is 3.02. The molecule has 0 amide bonds. The van der Waals surface area contributed by atoms with E-state index < -0.39 is 0 Å². The Kier molecular flexibility index (Phi) is 5.86. The lowest BCUT2D eigenvalue weighted by Gasteiger charge is -2.18. The van der Waals surface area contributed by atoms with E-state index in [2.05, 4.69) is 44.7 Å². The molecule has 0 bridgehead atoms. The van der Waals surface area contributed by atoms with Crippen molar-refractivity contribution < 1.29 is 9.47 Å². The van der Waals surface area contributed by atoms with Crippen molar-refractivity contribution in [2.75, 3.05) is 14.2 Å². The first-order valence-corrected chi connectivity index (χ1v) is 8.14. The van der Waals surface area contributed by atoms with Gasteiger partial charge in [-0.05, 0) is 47.2 Å². The van der Waals surface area contributed by atoms with Crippen LogP contribution < -0.4 is 9.47 Å². The van der Waals surface area contributed by atoms with Crippen molar-refractivity contribution in [2.45, 2.75) is 32.6 Å². The Bertz CT molecular complexity index is 618. The first kappa shape index (κ1) is 17.1. The van der Waals surface area contributed by atoms with Crippen molar-refractivity contribution in [3.05, 3.63) is 71.3 Å². The average Bonchev–Trinajstić information content (AvgIpc) is 2.61. The Morgan fingerprint density at radius 2 is 1.48 bits per heavy atom. The maximum absolute atomic E-state index is 5.43. The zero-order valence-corrected chi connectivity index (χ0v) is 14.6. The molecule has 0 saturated heterocycles. The summed E-state index contributed by atoms with van der Waals surface area (Å²) in [5.41, 5.74) is 5.26. The van der Waals surface area contributed by atoms with Crippen LogP contribution in [0, 0.1) is 0 Å². The smallest absolute Gasteiger partial charge is 0.161 e. The zero-order chi connectivity index (χ0) is 16.8. The summed E-state index contributed by atoms with van der Waals surface area (Å²) >= 11 is 0. The second-order valence-corrected chi connectivity index (χ2v) is 5.56. The molecule has 2 nitrogen and oxygen atoms in total. The fourth-order valence-electron chi connectivity index (χ4n) is 3.02. The molecule has 1 unspecified atom stereocenters. The van der Waals surface area contributed by atoms with Gasteiger partial charge in [0.1, 0.15) is 0 Å². The summed E-state index contributed by atoms with van der Waals surface area (Å²) in [6.07, 6.45) is 4.10. The molecule has 0 fully saturated rings. The number of hydrogen-bond acceptors (Lipinski definition) is 2. The van der Waals surface area contributed by atoms with Gasteiger partial charge in [-0.1, -0.05) is 44.2 Å². The summed E-state index contributed by atoms with van der Waals surface area (Å²) < 4.78 is 10.8. The van der Waals surface area contributed by atoms with Crippen LogP contribution >= 0.6 is 0 Å². The quantitative estimate of drug-likeness (QED) is 0.659. The first-order chi connectivity index (χ1) is 11.2. The molecule has 2 aromatic rings. The lowest BCUT2D eigenvalue weighted by molar-refractivity contribution is 0.354. The van der Waals surface area contributed by atoms with Crippen molar-refractivity contribution in [2.24, 2.45) is 0 Å². The highest BCUT2D eigenvalue weighted by atomic mass is 16.5. The third kappa shape index (κ3) is 3.58. The summed E-state index contributed by atoms with van der Waals surface area (Å²) in [6.45, 7) is 8.45. The van der Waals surface area contributed by atoms with Gasteiger partial charge in [-0.15, -0.1) is 6.58 Å². The van der Waals surface area contributed by atoms with Gasteiger partial charge in [-0.25, -0.2) is 0 Å². The van der Waals surface area contributed by atoms with Crippen LogP contribution in [0.5, 0.6) is 11.5 Å². The summed E-state index contributed by atoms with van der Waals surface area (Å²) in [5.74, 6) is 1.64. The van der Waals surface area contributed by atoms with Crippen molar-refractivity contribution in [1.82, 2.24) is 0 Å². The van der Waals surface area contributed by atoms with Gasteiger partial charge in [-0.2, -0.15) is 0 Å². The molecule has 122 valence electrons. The van der Waals surface area contributed by atoms with Gasteiger partial charge in [0.2, 0.25) is 0 Å². The van der Waals surface area contributed by atoms with Crippen LogP contribution in [0.4, 0.5) is 0 Å². The number of benzene rings is 2. The number of hydrogen-bond donors (Lipinski definition) is 0. The molecule has 0 radical (unpaired) electrons. The molecule has 0 aliphatic carbocycles. The minimum Gasteiger partial charge on any atom is -0.493 e. The van der Waals surface area contributed by atoms with Gasteiger partial charge < -0.3 is 9.47 Å². The Hall–Kier alpha value is -2.22. The molecule has 2 aromatic carbocycles. The third-order valence-corrected chi connectivity index (χ3v) is 4.35. The first-order valence-electron chi connectivity index (χ1n) is 8.14. The van der Waals surface area contributed by atoms with Crippen molar-refractivity contribution in [1.29, 1.82) is 0 Å². The summed E-state index contributed by atoms with van der Waals surface area (Å²) in [5, 5.41) is 0. The van der Waals surface area contributed by atoms with E-state index in [1.165, 1.54) is 16.7 Å². The van der Waals surface area contributed by atoms with Crippen molar-refractivity contribution in [3.8, 4) is 11.5 Å². The monoisotopic (exact) mass is 310 g/mol. The molecule has 0 aliphatic rings. The number of aryl methyl sites for hydroxylation is 2. The molecule has 2 rings (SSSR count). The fraction of sp³-hybridized carbons (Fsp3) is 0.333. The predicted octanol–water partition coefficient (Wildman–Crippen LogP) is 5.15. The van der Waals surface area contributed by atoms with Crippen LogP contribution in [0.15, 0.2) is 49.1 Å². The number of allylic oxidation sites excluding steroid dienone is 1. The molecule has 0 aromatic heterocycles. The van der Waals surface area contributed by atoms with E-state index in [4.69, 9.17) is 9.47 Å². The Balaban J connectivity index is 2.45. The van der Waals surface area contributed by atoms with Crippen LogP contribution in [0.3, 0.4) is 0 Å². The van der Waals surface area contributed by atoms with E-state index in [9.17, 15) is 0 Å². The number of methoxy groups -OCH3 is 2. The third-order valence-electron chi connectivity index (χ3n) is 4.35. The summed E-state index contributed by atoms with van der Waals surface area (Å²) in [4.78, 5) is 0. The molecular weight excluding hydrogens is 284 g/mol. The van der Waals surface area contributed by atoms with Crippen LogP contribution in [0.25, 0.3) is 0 Å². The largest absolute Gasteiger partial charge is 0.493 e. The Labute approximate surface area is 139 Å². The zero-order valence-electron chi connectivity index (χ0n) is 14.6. The average molecular weight is 310 g/mol. The van der Waals surface area contributed by atoms with Crippen molar-refractivity contribution >= 4 is 0 Å². The van der Waals surface area contributed by atoms with E-state index in [0.29, 0.717) is 0 Å². The standard InChI is InChI=1S/C21H26O2/c1-6-15-9-10-17(13-16(15)7-2)19(8-3)18-11-12-20(22-4)21(14-18)23-5/h8-14,19H,3,6-7H2,1-2,4-5H3. The second-order valence-electron chi connectivity index (χ2n) is 5.56. The SMILES string of the molecule is C=CC(c1ccc(CC)c(CC)c1)c1ccc(OC)c(OC)c1. The topological polar surface area (TPSA) is 18.5 Å². The Morgan fingerprint density at radius 1 is 0.870 bits per heavy atom. The molecule has 0 N–H and O–H groups in total. The van der Waals surface area contributed by atoms with Crippen LogP contribution in [0.2, 0.25) is 0 Å². The van der Waals surface area contributed by atoms with Gasteiger partial charge in [0.25, 0.3) is 0 Å². The molecule has 23 heavy (non-hydrogen) atoms. The van der Waals surface area contributed by atoms with E-state index >= 15 is 0 Å².